The molecule has 132 valence electrons. The summed E-state index contributed by atoms with van der Waals surface area (Å²) in [5, 5.41) is 11.6. The lowest BCUT2D eigenvalue weighted by molar-refractivity contribution is 0.0950. The third kappa shape index (κ3) is 6.27. The van der Waals surface area contributed by atoms with E-state index in [4.69, 9.17) is 0 Å². The average Bonchev–Trinajstić information content (AvgIpc) is 2.61. The van der Waals surface area contributed by atoms with Crippen LogP contribution in [0.1, 0.15) is 24.2 Å². The summed E-state index contributed by atoms with van der Waals surface area (Å²) in [6, 6.07) is 15.9. The monoisotopic (exact) mass is 340 g/mol. The molecule has 3 amide bonds. The van der Waals surface area contributed by atoms with Crippen LogP contribution in [0.3, 0.4) is 0 Å². The summed E-state index contributed by atoms with van der Waals surface area (Å²) < 4.78 is 0. The third-order valence-corrected chi connectivity index (χ3v) is 3.56. The second-order valence-electron chi connectivity index (χ2n) is 5.69. The van der Waals surface area contributed by atoms with Gasteiger partial charge in [0.15, 0.2) is 0 Å². The van der Waals surface area contributed by atoms with Crippen LogP contribution in [-0.2, 0) is 0 Å². The second kappa shape index (κ2) is 9.44. The highest BCUT2D eigenvalue weighted by molar-refractivity contribution is 6.00. The first-order valence-corrected chi connectivity index (χ1v) is 8.33. The molecule has 6 nitrogen and oxygen atoms in total. The molecule has 0 saturated heterocycles. The van der Waals surface area contributed by atoms with Crippen molar-refractivity contribution in [1.82, 2.24) is 10.6 Å². The van der Waals surface area contributed by atoms with E-state index >= 15 is 0 Å². The van der Waals surface area contributed by atoms with Gasteiger partial charge in [-0.2, -0.15) is 0 Å². The van der Waals surface area contributed by atoms with Crippen molar-refractivity contribution in [2.45, 2.75) is 19.9 Å². The van der Waals surface area contributed by atoms with Crippen molar-refractivity contribution < 1.29 is 9.59 Å². The molecule has 0 spiro atoms. The van der Waals surface area contributed by atoms with Crippen LogP contribution in [0.25, 0.3) is 0 Å². The van der Waals surface area contributed by atoms with Crippen molar-refractivity contribution in [3.8, 4) is 0 Å². The maximum atomic E-state index is 12.1. The van der Waals surface area contributed by atoms with E-state index in [9.17, 15) is 9.59 Å². The van der Waals surface area contributed by atoms with Gasteiger partial charge < -0.3 is 21.3 Å². The fourth-order valence-electron chi connectivity index (χ4n) is 2.29. The van der Waals surface area contributed by atoms with Crippen LogP contribution in [0.5, 0.6) is 0 Å². The van der Waals surface area contributed by atoms with Crippen molar-refractivity contribution in [2.24, 2.45) is 0 Å². The van der Waals surface area contributed by atoms with Gasteiger partial charge in [0, 0.05) is 29.5 Å². The Morgan fingerprint density at radius 2 is 1.52 bits per heavy atom. The van der Waals surface area contributed by atoms with Gasteiger partial charge in [-0.15, -0.1) is 0 Å². The Kier molecular flexibility index (Phi) is 6.98. The minimum Gasteiger partial charge on any atom is -0.350 e. The summed E-state index contributed by atoms with van der Waals surface area (Å²) in [6.07, 6.45) is 0. The van der Waals surface area contributed by atoms with Crippen molar-refractivity contribution in [3.05, 3.63) is 60.2 Å². The van der Waals surface area contributed by atoms with Crippen molar-refractivity contribution in [1.29, 1.82) is 0 Å². The second-order valence-corrected chi connectivity index (χ2v) is 5.69. The number of benzene rings is 2. The van der Waals surface area contributed by atoms with E-state index in [0.29, 0.717) is 23.5 Å². The molecule has 0 fully saturated rings. The molecule has 2 aromatic carbocycles. The zero-order valence-corrected chi connectivity index (χ0v) is 14.5. The van der Waals surface area contributed by atoms with Crippen molar-refractivity contribution in [3.63, 3.8) is 0 Å². The van der Waals surface area contributed by atoms with E-state index in [1.807, 2.05) is 32.0 Å². The Hall–Kier alpha value is -2.86. The molecule has 25 heavy (non-hydrogen) atoms. The number of nitrogens with one attached hydrogen (secondary N) is 4. The molecule has 1 atom stereocenters. The molecular weight excluding hydrogens is 316 g/mol. The largest absolute Gasteiger partial charge is 0.350 e. The maximum absolute atomic E-state index is 12.1. The first kappa shape index (κ1) is 18.5. The minimum absolute atomic E-state index is 0.134. The summed E-state index contributed by atoms with van der Waals surface area (Å²) in [4.78, 5) is 24.0. The van der Waals surface area contributed by atoms with Gasteiger partial charge in [-0.25, -0.2) is 4.79 Å². The number of carbonyl (C=O) groups excluding carboxylic acids is 2. The number of hydrogen-bond donors (Lipinski definition) is 4. The van der Waals surface area contributed by atoms with E-state index in [1.165, 1.54) is 0 Å². The standard InChI is InChI=1S/C19H24N4O2/c1-3-20-14(2)13-21-18(24)15-9-11-17(12-10-15)23-19(25)22-16-7-5-4-6-8-16/h4-12,14,20H,3,13H2,1-2H3,(H,21,24)(H2,22,23,25)/t14-/m1/s1. The highest BCUT2D eigenvalue weighted by atomic mass is 16.2. The van der Waals surface area contributed by atoms with Crippen LogP contribution in [-0.4, -0.2) is 31.1 Å². The van der Waals surface area contributed by atoms with Gasteiger partial charge in [-0.1, -0.05) is 25.1 Å². The summed E-state index contributed by atoms with van der Waals surface area (Å²) in [5.41, 5.74) is 1.88. The number of carbonyl (C=O) groups is 2. The summed E-state index contributed by atoms with van der Waals surface area (Å²) >= 11 is 0. The highest BCUT2D eigenvalue weighted by Gasteiger charge is 2.08. The SMILES string of the molecule is CCN[C@H](C)CNC(=O)c1ccc(NC(=O)Nc2ccccc2)cc1. The molecule has 2 aromatic rings. The topological polar surface area (TPSA) is 82.3 Å². The Balaban J connectivity index is 1.84. The number of para-hydroxylation sites is 1. The molecule has 0 aromatic heterocycles. The number of hydrogen-bond acceptors (Lipinski definition) is 3. The van der Waals surface area contributed by atoms with E-state index in [1.54, 1.807) is 36.4 Å². The molecule has 0 aliphatic heterocycles. The van der Waals surface area contributed by atoms with Gasteiger partial charge >= 0.3 is 6.03 Å². The van der Waals surface area contributed by atoms with Crippen LogP contribution in [0.15, 0.2) is 54.6 Å². The molecule has 2 rings (SSSR count). The lowest BCUT2D eigenvalue weighted by Gasteiger charge is -2.13. The molecule has 0 bridgehead atoms. The highest BCUT2D eigenvalue weighted by Crippen LogP contribution is 2.11. The first-order chi connectivity index (χ1) is 12.1. The Bertz CT molecular complexity index is 686. The Morgan fingerprint density at radius 3 is 2.12 bits per heavy atom. The summed E-state index contributed by atoms with van der Waals surface area (Å²) in [7, 11) is 0. The maximum Gasteiger partial charge on any atom is 0.323 e. The molecule has 6 heteroatoms. The lowest BCUT2D eigenvalue weighted by Crippen LogP contribution is -2.38. The molecule has 4 N–H and O–H groups in total. The zero-order chi connectivity index (χ0) is 18.1. The molecule has 0 unspecified atom stereocenters. The lowest BCUT2D eigenvalue weighted by atomic mass is 10.2. The number of rotatable bonds is 7. The smallest absolute Gasteiger partial charge is 0.323 e. The van der Waals surface area contributed by atoms with Crippen LogP contribution >= 0.6 is 0 Å². The van der Waals surface area contributed by atoms with Gasteiger partial charge in [0.2, 0.25) is 0 Å². The fraction of sp³-hybridized carbons (Fsp3) is 0.263. The van der Waals surface area contributed by atoms with Crippen molar-refractivity contribution in [2.75, 3.05) is 23.7 Å². The van der Waals surface area contributed by atoms with Gasteiger partial charge in [-0.3, -0.25) is 4.79 Å². The molecule has 0 radical (unpaired) electrons. The molecule has 0 saturated carbocycles. The summed E-state index contributed by atoms with van der Waals surface area (Å²) in [6.45, 7) is 5.47. The van der Waals surface area contributed by atoms with Crippen LogP contribution in [0.2, 0.25) is 0 Å². The van der Waals surface area contributed by atoms with E-state index in [-0.39, 0.29) is 18.0 Å². The third-order valence-electron chi connectivity index (χ3n) is 3.56. The van der Waals surface area contributed by atoms with E-state index in [2.05, 4.69) is 21.3 Å². The van der Waals surface area contributed by atoms with Gasteiger partial charge in [0.25, 0.3) is 5.91 Å². The van der Waals surface area contributed by atoms with Crippen LogP contribution in [0.4, 0.5) is 16.2 Å². The Labute approximate surface area is 148 Å². The predicted molar refractivity (Wildman–Crippen MR) is 101 cm³/mol. The van der Waals surface area contributed by atoms with Gasteiger partial charge in [-0.05, 0) is 49.9 Å². The number of urea groups is 1. The average molecular weight is 340 g/mol. The number of likely N-dealkylation sites (N-methyl/N-ethyl adjacent to an activating group) is 1. The number of anilines is 2. The van der Waals surface area contributed by atoms with Crippen LogP contribution < -0.4 is 21.3 Å². The fourth-order valence-corrected chi connectivity index (χ4v) is 2.29. The normalized spacial score (nSPS) is 11.4. The molecule has 0 aliphatic rings. The van der Waals surface area contributed by atoms with Gasteiger partial charge in [0.1, 0.15) is 0 Å². The van der Waals surface area contributed by atoms with Gasteiger partial charge in [0.05, 0.1) is 0 Å². The summed E-state index contributed by atoms with van der Waals surface area (Å²) in [5.74, 6) is -0.134. The number of amides is 3. The zero-order valence-electron chi connectivity index (χ0n) is 14.5. The van der Waals surface area contributed by atoms with E-state index in [0.717, 1.165) is 6.54 Å². The molecular formula is C19H24N4O2. The first-order valence-electron chi connectivity index (χ1n) is 8.33. The van der Waals surface area contributed by atoms with Crippen molar-refractivity contribution >= 4 is 23.3 Å². The van der Waals surface area contributed by atoms with E-state index < -0.39 is 0 Å². The quantitative estimate of drug-likeness (QED) is 0.625. The minimum atomic E-state index is -0.331. The Morgan fingerprint density at radius 1 is 0.920 bits per heavy atom. The van der Waals surface area contributed by atoms with Crippen LogP contribution in [0, 0.1) is 0 Å². The molecule has 0 aliphatic carbocycles. The predicted octanol–water partition coefficient (Wildman–Crippen LogP) is 3.06. The molecule has 0 heterocycles.